The summed E-state index contributed by atoms with van der Waals surface area (Å²) in [6, 6.07) is 8.89. The second kappa shape index (κ2) is 8.35. The molecule has 5 rings (SSSR count). The standard InChI is InChI=1S/C20H32N6O/c1-21-20(22-15-17-16-23-7-9-24(17)10-8-23)26-13-11-25(12-14-26)18-5-3-4-6-19(18)27-2/h3-6,17H,7-16H2,1-2H3,(H,21,22). The van der Waals surface area contributed by atoms with E-state index in [4.69, 9.17) is 4.74 Å². The van der Waals surface area contributed by atoms with Gasteiger partial charge in [-0.25, -0.2) is 0 Å². The van der Waals surface area contributed by atoms with Crippen molar-refractivity contribution in [3.8, 4) is 5.75 Å². The molecule has 7 nitrogen and oxygen atoms in total. The number of rotatable bonds is 4. The number of methoxy groups -OCH3 is 1. The highest BCUT2D eigenvalue weighted by Crippen LogP contribution is 2.28. The summed E-state index contributed by atoms with van der Waals surface area (Å²) in [5.74, 6) is 1.98. The predicted molar refractivity (Wildman–Crippen MR) is 110 cm³/mol. The SMILES string of the molecule is CN=C(NCC1CN2CCN1CC2)N1CCN(c2ccccc2OC)CC1. The lowest BCUT2D eigenvalue weighted by atomic mass is 10.1. The van der Waals surface area contributed by atoms with E-state index in [1.165, 1.54) is 38.4 Å². The summed E-state index contributed by atoms with van der Waals surface area (Å²) in [7, 11) is 3.64. The summed E-state index contributed by atoms with van der Waals surface area (Å²) in [6.07, 6.45) is 0. The van der Waals surface area contributed by atoms with E-state index in [2.05, 4.69) is 42.0 Å². The van der Waals surface area contributed by atoms with E-state index >= 15 is 0 Å². The van der Waals surface area contributed by atoms with E-state index in [1.807, 2.05) is 19.2 Å². The maximum Gasteiger partial charge on any atom is 0.193 e. The molecule has 1 unspecified atom stereocenters. The number of fused-ring (bicyclic) bond motifs is 3. The first-order valence-electron chi connectivity index (χ1n) is 10.1. The van der Waals surface area contributed by atoms with Crippen molar-refractivity contribution < 1.29 is 4.74 Å². The highest BCUT2D eigenvalue weighted by atomic mass is 16.5. The topological polar surface area (TPSA) is 46.6 Å². The molecule has 0 saturated carbocycles. The first-order chi connectivity index (χ1) is 13.3. The normalized spacial score (nSPS) is 28.4. The molecular formula is C20H32N6O. The molecule has 0 spiro atoms. The Labute approximate surface area is 162 Å². The fourth-order valence-corrected chi connectivity index (χ4v) is 4.51. The average molecular weight is 373 g/mol. The third-order valence-electron chi connectivity index (χ3n) is 6.10. The lowest BCUT2D eigenvalue weighted by Crippen LogP contribution is -2.64. The van der Waals surface area contributed by atoms with Crippen LogP contribution in [0.5, 0.6) is 5.75 Å². The molecule has 1 aromatic rings. The van der Waals surface area contributed by atoms with E-state index in [-0.39, 0.29) is 0 Å². The largest absolute Gasteiger partial charge is 0.495 e. The Morgan fingerprint density at radius 3 is 2.44 bits per heavy atom. The smallest absolute Gasteiger partial charge is 0.193 e. The minimum absolute atomic E-state index is 0.610. The van der Waals surface area contributed by atoms with Crippen molar-refractivity contribution in [2.24, 2.45) is 4.99 Å². The number of hydrogen-bond donors (Lipinski definition) is 1. The molecule has 4 aliphatic heterocycles. The third kappa shape index (κ3) is 3.99. The van der Waals surface area contributed by atoms with Gasteiger partial charge in [-0.2, -0.15) is 0 Å². The van der Waals surface area contributed by atoms with Gasteiger partial charge in [0.2, 0.25) is 0 Å². The van der Waals surface area contributed by atoms with Crippen molar-refractivity contribution in [2.75, 3.05) is 84.5 Å². The van der Waals surface area contributed by atoms with Crippen LogP contribution in [-0.2, 0) is 0 Å². The van der Waals surface area contributed by atoms with Gasteiger partial charge in [0.15, 0.2) is 5.96 Å². The van der Waals surface area contributed by atoms with Crippen molar-refractivity contribution in [1.82, 2.24) is 20.0 Å². The van der Waals surface area contributed by atoms with Gasteiger partial charge >= 0.3 is 0 Å². The second-order valence-electron chi connectivity index (χ2n) is 7.56. The molecule has 27 heavy (non-hydrogen) atoms. The Morgan fingerprint density at radius 1 is 1.07 bits per heavy atom. The van der Waals surface area contributed by atoms with E-state index in [0.29, 0.717) is 6.04 Å². The molecule has 7 heteroatoms. The number of ether oxygens (including phenoxy) is 1. The Hall–Kier alpha value is -1.99. The molecular weight excluding hydrogens is 340 g/mol. The number of guanidine groups is 1. The average Bonchev–Trinajstić information content (AvgIpc) is 2.75. The highest BCUT2D eigenvalue weighted by molar-refractivity contribution is 5.80. The van der Waals surface area contributed by atoms with Crippen LogP contribution in [0, 0.1) is 0 Å². The number of para-hydroxylation sites is 2. The van der Waals surface area contributed by atoms with Crippen LogP contribution in [0.15, 0.2) is 29.3 Å². The Bertz CT molecular complexity index is 650. The number of hydrogen-bond acceptors (Lipinski definition) is 5. The minimum atomic E-state index is 0.610. The molecule has 0 radical (unpaired) electrons. The van der Waals surface area contributed by atoms with Gasteiger partial charge in [-0.1, -0.05) is 12.1 Å². The summed E-state index contributed by atoms with van der Waals surface area (Å²) < 4.78 is 5.52. The van der Waals surface area contributed by atoms with Crippen LogP contribution >= 0.6 is 0 Å². The van der Waals surface area contributed by atoms with Gasteiger partial charge in [-0.3, -0.25) is 14.8 Å². The molecule has 4 heterocycles. The lowest BCUT2D eigenvalue weighted by Gasteiger charge is -2.48. The van der Waals surface area contributed by atoms with Gasteiger partial charge < -0.3 is 19.9 Å². The van der Waals surface area contributed by atoms with E-state index in [9.17, 15) is 0 Å². The van der Waals surface area contributed by atoms with Gasteiger partial charge in [0.1, 0.15) is 5.75 Å². The maximum atomic E-state index is 5.52. The molecule has 0 amide bonds. The van der Waals surface area contributed by atoms with Gasteiger partial charge in [0.05, 0.1) is 12.8 Å². The summed E-state index contributed by atoms with van der Waals surface area (Å²) in [6.45, 7) is 10.9. The fraction of sp³-hybridized carbons (Fsp3) is 0.650. The summed E-state index contributed by atoms with van der Waals surface area (Å²) in [5, 5.41) is 3.64. The van der Waals surface area contributed by atoms with Crippen molar-refractivity contribution in [1.29, 1.82) is 0 Å². The Kier molecular flexibility index (Phi) is 5.69. The zero-order chi connectivity index (χ0) is 18.6. The van der Waals surface area contributed by atoms with Crippen molar-refractivity contribution in [3.63, 3.8) is 0 Å². The molecule has 0 aliphatic carbocycles. The molecule has 1 aromatic carbocycles. The number of nitrogens with one attached hydrogen (secondary N) is 1. The van der Waals surface area contributed by atoms with Crippen molar-refractivity contribution >= 4 is 11.6 Å². The van der Waals surface area contributed by atoms with Crippen LogP contribution in [0.4, 0.5) is 5.69 Å². The van der Waals surface area contributed by atoms with Crippen molar-refractivity contribution in [3.05, 3.63) is 24.3 Å². The second-order valence-corrected chi connectivity index (χ2v) is 7.56. The summed E-state index contributed by atoms with van der Waals surface area (Å²) >= 11 is 0. The van der Waals surface area contributed by atoms with Gasteiger partial charge in [-0.15, -0.1) is 0 Å². The van der Waals surface area contributed by atoms with Gasteiger partial charge in [-0.05, 0) is 12.1 Å². The van der Waals surface area contributed by atoms with E-state index < -0.39 is 0 Å². The lowest BCUT2D eigenvalue weighted by molar-refractivity contribution is 0.0152. The van der Waals surface area contributed by atoms with Gasteiger partial charge in [0, 0.05) is 78.5 Å². The highest BCUT2D eigenvalue weighted by Gasteiger charge is 2.32. The number of benzene rings is 1. The molecule has 0 aromatic heterocycles. The maximum absolute atomic E-state index is 5.52. The number of nitrogens with zero attached hydrogens (tertiary/aromatic N) is 5. The van der Waals surface area contributed by atoms with Crippen LogP contribution in [0.3, 0.4) is 0 Å². The Balaban J connectivity index is 1.30. The first kappa shape index (κ1) is 18.4. The third-order valence-corrected chi connectivity index (χ3v) is 6.10. The zero-order valence-electron chi connectivity index (χ0n) is 16.6. The molecule has 4 aliphatic rings. The number of anilines is 1. The predicted octanol–water partition coefficient (Wildman–Crippen LogP) is 0.392. The fourth-order valence-electron chi connectivity index (χ4n) is 4.51. The van der Waals surface area contributed by atoms with Crippen LogP contribution in [0.1, 0.15) is 0 Å². The molecule has 1 N–H and O–H groups in total. The van der Waals surface area contributed by atoms with E-state index in [0.717, 1.165) is 44.4 Å². The molecule has 4 fully saturated rings. The van der Waals surface area contributed by atoms with Crippen LogP contribution in [0.25, 0.3) is 0 Å². The number of aliphatic imine (C=N–C) groups is 1. The summed E-state index contributed by atoms with van der Waals surface area (Å²) in [4.78, 5) is 14.5. The van der Waals surface area contributed by atoms with Crippen LogP contribution in [-0.4, -0.2) is 106 Å². The molecule has 2 bridgehead atoms. The van der Waals surface area contributed by atoms with Crippen LogP contribution in [0.2, 0.25) is 0 Å². The molecule has 148 valence electrons. The molecule has 1 atom stereocenters. The minimum Gasteiger partial charge on any atom is -0.495 e. The van der Waals surface area contributed by atoms with Crippen molar-refractivity contribution in [2.45, 2.75) is 6.04 Å². The zero-order valence-corrected chi connectivity index (χ0v) is 16.6. The van der Waals surface area contributed by atoms with Crippen LogP contribution < -0.4 is 15.0 Å². The quantitative estimate of drug-likeness (QED) is 0.610. The summed E-state index contributed by atoms with van der Waals surface area (Å²) in [5.41, 5.74) is 1.18. The monoisotopic (exact) mass is 372 g/mol. The first-order valence-corrected chi connectivity index (χ1v) is 10.1. The molecule has 4 saturated heterocycles. The number of piperazine rings is 4. The van der Waals surface area contributed by atoms with Gasteiger partial charge in [0.25, 0.3) is 0 Å². The van der Waals surface area contributed by atoms with E-state index in [1.54, 1.807) is 7.11 Å². The Morgan fingerprint density at radius 2 is 1.81 bits per heavy atom.